The summed E-state index contributed by atoms with van der Waals surface area (Å²) in [5.41, 5.74) is 6.55. The fourth-order valence-electron chi connectivity index (χ4n) is 1.71. The second-order valence-electron chi connectivity index (χ2n) is 3.89. The zero-order chi connectivity index (χ0) is 13.1. The molecule has 2 aromatic rings. The predicted octanol–water partition coefficient (Wildman–Crippen LogP) is 3.26. The second-order valence-corrected chi connectivity index (χ2v) is 4.27. The maximum atomic E-state index is 13.5. The van der Waals surface area contributed by atoms with Crippen LogP contribution in [0.2, 0.25) is 5.02 Å². The van der Waals surface area contributed by atoms with Crippen molar-refractivity contribution < 1.29 is 8.78 Å². The van der Waals surface area contributed by atoms with Crippen LogP contribution in [-0.2, 0) is 6.42 Å². The average molecular weight is 269 g/mol. The molecule has 1 atom stereocenters. The smallest absolute Gasteiger partial charge is 0.146 e. The molecule has 94 valence electrons. The second kappa shape index (κ2) is 5.42. The number of rotatable bonds is 3. The number of pyridine rings is 1. The highest BCUT2D eigenvalue weighted by Crippen LogP contribution is 2.24. The summed E-state index contributed by atoms with van der Waals surface area (Å²) in [5.74, 6) is -0.986. The van der Waals surface area contributed by atoms with Crippen LogP contribution >= 0.6 is 11.6 Å². The molecule has 0 radical (unpaired) electrons. The summed E-state index contributed by atoms with van der Waals surface area (Å²) in [5, 5.41) is 0.0179. The highest BCUT2D eigenvalue weighted by molar-refractivity contribution is 6.31. The number of benzene rings is 1. The Balaban J connectivity index is 2.24. The van der Waals surface area contributed by atoms with Crippen molar-refractivity contribution in [3.05, 3.63) is 64.4 Å². The summed E-state index contributed by atoms with van der Waals surface area (Å²) in [6, 6.07) is 6.57. The van der Waals surface area contributed by atoms with Crippen molar-refractivity contribution in [1.82, 2.24) is 4.98 Å². The van der Waals surface area contributed by atoms with Gasteiger partial charge in [0, 0.05) is 6.20 Å². The van der Waals surface area contributed by atoms with Crippen molar-refractivity contribution in [2.75, 3.05) is 0 Å². The first-order valence-corrected chi connectivity index (χ1v) is 5.76. The normalized spacial score (nSPS) is 12.4. The van der Waals surface area contributed by atoms with E-state index in [1.54, 1.807) is 6.07 Å². The van der Waals surface area contributed by atoms with Crippen molar-refractivity contribution in [2.24, 2.45) is 5.73 Å². The lowest BCUT2D eigenvalue weighted by molar-refractivity contribution is 0.562. The Morgan fingerprint density at radius 3 is 2.61 bits per heavy atom. The van der Waals surface area contributed by atoms with Crippen molar-refractivity contribution >= 4 is 11.6 Å². The summed E-state index contributed by atoms with van der Waals surface area (Å²) in [7, 11) is 0. The Hall–Kier alpha value is -1.52. The number of nitrogens with two attached hydrogens (primary N) is 1. The topological polar surface area (TPSA) is 38.9 Å². The van der Waals surface area contributed by atoms with Gasteiger partial charge in [0.25, 0.3) is 0 Å². The van der Waals surface area contributed by atoms with Gasteiger partial charge in [-0.05, 0) is 30.2 Å². The largest absolute Gasteiger partial charge is 0.322 e. The van der Waals surface area contributed by atoms with Gasteiger partial charge in [-0.2, -0.15) is 0 Å². The van der Waals surface area contributed by atoms with Gasteiger partial charge in [0.05, 0.1) is 16.8 Å². The summed E-state index contributed by atoms with van der Waals surface area (Å²) in [6.45, 7) is 0. The standard InChI is InChI=1S/C13H11ClF2N2/c14-12-8(3-1-4-9(12)15)7-11(17)13-10(16)5-2-6-18-13/h1-6,11H,7,17H2. The van der Waals surface area contributed by atoms with Crippen LogP contribution < -0.4 is 5.73 Å². The Kier molecular flexibility index (Phi) is 3.89. The summed E-state index contributed by atoms with van der Waals surface area (Å²) >= 11 is 5.82. The molecule has 0 aliphatic carbocycles. The molecular formula is C13H11ClF2N2. The van der Waals surface area contributed by atoms with E-state index in [0.29, 0.717) is 5.56 Å². The molecule has 0 aliphatic rings. The van der Waals surface area contributed by atoms with Crippen molar-refractivity contribution in [3.8, 4) is 0 Å². The molecule has 2 nitrogen and oxygen atoms in total. The van der Waals surface area contributed by atoms with E-state index in [1.165, 1.54) is 30.5 Å². The van der Waals surface area contributed by atoms with Crippen LogP contribution in [0.15, 0.2) is 36.5 Å². The number of halogens is 3. The minimum absolute atomic E-state index is 0.0179. The first-order chi connectivity index (χ1) is 8.59. The van der Waals surface area contributed by atoms with Gasteiger partial charge >= 0.3 is 0 Å². The van der Waals surface area contributed by atoms with Gasteiger partial charge in [0.1, 0.15) is 11.6 Å². The zero-order valence-electron chi connectivity index (χ0n) is 9.41. The van der Waals surface area contributed by atoms with Gasteiger partial charge in [-0.25, -0.2) is 8.78 Å². The maximum absolute atomic E-state index is 13.5. The fourth-order valence-corrected chi connectivity index (χ4v) is 1.91. The highest BCUT2D eigenvalue weighted by Gasteiger charge is 2.15. The first kappa shape index (κ1) is 12.9. The van der Waals surface area contributed by atoms with E-state index in [1.807, 2.05) is 0 Å². The Labute approximate surface area is 108 Å². The van der Waals surface area contributed by atoms with Gasteiger partial charge in [-0.3, -0.25) is 4.98 Å². The van der Waals surface area contributed by atoms with Crippen LogP contribution in [0.25, 0.3) is 0 Å². The minimum atomic E-state index is -0.662. The molecule has 0 fully saturated rings. The molecule has 2 rings (SSSR count). The van der Waals surface area contributed by atoms with Crippen LogP contribution in [0, 0.1) is 11.6 Å². The fraction of sp³-hybridized carbons (Fsp3) is 0.154. The molecule has 2 N–H and O–H groups in total. The lowest BCUT2D eigenvalue weighted by Gasteiger charge is -2.13. The van der Waals surface area contributed by atoms with E-state index >= 15 is 0 Å². The van der Waals surface area contributed by atoms with E-state index in [4.69, 9.17) is 17.3 Å². The zero-order valence-corrected chi connectivity index (χ0v) is 10.2. The molecule has 0 saturated carbocycles. The average Bonchev–Trinajstić information content (AvgIpc) is 2.35. The van der Waals surface area contributed by atoms with Crippen molar-refractivity contribution in [1.29, 1.82) is 0 Å². The van der Waals surface area contributed by atoms with E-state index in [-0.39, 0.29) is 17.1 Å². The summed E-state index contributed by atoms with van der Waals surface area (Å²) in [6.07, 6.45) is 1.69. The molecule has 0 saturated heterocycles. The monoisotopic (exact) mass is 268 g/mol. The molecule has 1 unspecified atom stereocenters. The van der Waals surface area contributed by atoms with Crippen LogP contribution in [0.1, 0.15) is 17.3 Å². The maximum Gasteiger partial charge on any atom is 0.146 e. The first-order valence-electron chi connectivity index (χ1n) is 5.38. The molecule has 1 aromatic carbocycles. The summed E-state index contributed by atoms with van der Waals surface area (Å²) < 4.78 is 26.7. The third kappa shape index (κ3) is 2.66. The van der Waals surface area contributed by atoms with E-state index < -0.39 is 17.7 Å². The number of nitrogens with zero attached hydrogens (tertiary/aromatic N) is 1. The molecular weight excluding hydrogens is 258 g/mol. The Morgan fingerprint density at radius 2 is 1.89 bits per heavy atom. The lowest BCUT2D eigenvalue weighted by Crippen LogP contribution is -2.17. The van der Waals surface area contributed by atoms with Gasteiger partial charge in [0.15, 0.2) is 0 Å². The Morgan fingerprint density at radius 1 is 1.17 bits per heavy atom. The van der Waals surface area contributed by atoms with Gasteiger partial charge < -0.3 is 5.73 Å². The predicted molar refractivity (Wildman–Crippen MR) is 66.2 cm³/mol. The quantitative estimate of drug-likeness (QED) is 0.928. The molecule has 0 amide bonds. The third-order valence-corrected chi connectivity index (χ3v) is 3.03. The number of aromatic nitrogens is 1. The van der Waals surface area contributed by atoms with Gasteiger partial charge in [-0.15, -0.1) is 0 Å². The van der Waals surface area contributed by atoms with Crippen LogP contribution in [0.5, 0.6) is 0 Å². The molecule has 18 heavy (non-hydrogen) atoms. The number of hydrogen-bond acceptors (Lipinski definition) is 2. The third-order valence-electron chi connectivity index (χ3n) is 2.61. The van der Waals surface area contributed by atoms with Crippen molar-refractivity contribution in [3.63, 3.8) is 0 Å². The molecule has 0 aliphatic heterocycles. The summed E-state index contributed by atoms with van der Waals surface area (Å²) in [4.78, 5) is 3.89. The SMILES string of the molecule is NC(Cc1cccc(F)c1Cl)c1ncccc1F. The molecule has 1 aromatic heterocycles. The van der Waals surface area contributed by atoms with Crippen molar-refractivity contribution in [2.45, 2.75) is 12.5 Å². The van der Waals surface area contributed by atoms with E-state index in [2.05, 4.69) is 4.98 Å². The molecule has 5 heteroatoms. The number of hydrogen-bond donors (Lipinski definition) is 1. The minimum Gasteiger partial charge on any atom is -0.322 e. The Bertz CT molecular complexity index is 560. The lowest BCUT2D eigenvalue weighted by atomic mass is 10.0. The molecule has 0 spiro atoms. The van der Waals surface area contributed by atoms with E-state index in [9.17, 15) is 8.78 Å². The van der Waals surface area contributed by atoms with Gasteiger partial charge in [-0.1, -0.05) is 23.7 Å². The van der Waals surface area contributed by atoms with Gasteiger partial charge in [0.2, 0.25) is 0 Å². The highest BCUT2D eigenvalue weighted by atomic mass is 35.5. The molecule has 1 heterocycles. The van der Waals surface area contributed by atoms with Crippen LogP contribution in [0.4, 0.5) is 8.78 Å². The van der Waals surface area contributed by atoms with Crippen LogP contribution in [-0.4, -0.2) is 4.98 Å². The van der Waals surface area contributed by atoms with E-state index in [0.717, 1.165) is 0 Å². The molecule has 0 bridgehead atoms. The van der Waals surface area contributed by atoms with Crippen LogP contribution in [0.3, 0.4) is 0 Å².